The molecule has 2 aliphatic rings. The third-order valence-electron chi connectivity index (χ3n) is 12.7. The number of benzene rings is 2. The second kappa shape index (κ2) is 17.6. The summed E-state index contributed by atoms with van der Waals surface area (Å²) < 4.78 is 50.0. The lowest BCUT2D eigenvalue weighted by molar-refractivity contribution is -0.143. The number of H-pyrrole nitrogens is 2. The highest BCUT2D eigenvalue weighted by Gasteiger charge is 2.35. The number of imidazole rings is 2. The van der Waals surface area contributed by atoms with Crippen LogP contribution in [0.1, 0.15) is 101 Å². The average Bonchev–Trinajstić information content (AvgIpc) is 4.09. The molecule has 0 saturated heterocycles. The lowest BCUT2D eigenvalue weighted by Crippen LogP contribution is -2.29. The van der Waals surface area contributed by atoms with Crippen LogP contribution in [0.25, 0.3) is 55.6 Å². The summed E-state index contributed by atoms with van der Waals surface area (Å²) >= 11 is 0. The first-order valence-electron chi connectivity index (χ1n) is 22.1. The number of nitrogen functional groups attached to an aromatic ring is 2. The van der Waals surface area contributed by atoms with Crippen molar-refractivity contribution in [2.24, 2.45) is 11.8 Å². The Morgan fingerprint density at radius 3 is 1.83 bits per heavy atom. The van der Waals surface area contributed by atoms with Crippen molar-refractivity contribution in [3.63, 3.8) is 0 Å². The molecule has 2 aliphatic carbocycles. The van der Waals surface area contributed by atoms with E-state index in [0.717, 1.165) is 72.8 Å². The van der Waals surface area contributed by atoms with Gasteiger partial charge in [0.1, 0.15) is 52.5 Å². The Kier molecular flexibility index (Phi) is 11.7. The number of aromatic nitrogens is 10. The third-order valence-corrected chi connectivity index (χ3v) is 12.7. The molecule has 0 spiro atoms. The van der Waals surface area contributed by atoms with Crippen LogP contribution in [-0.4, -0.2) is 78.8 Å². The van der Waals surface area contributed by atoms with Crippen molar-refractivity contribution in [3.05, 3.63) is 78.4 Å². The Morgan fingerprint density at radius 2 is 1.32 bits per heavy atom. The van der Waals surface area contributed by atoms with Gasteiger partial charge in [-0.05, 0) is 95.4 Å². The van der Waals surface area contributed by atoms with Gasteiger partial charge >= 0.3 is 12.1 Å². The molecule has 8 N–H and O–H groups in total. The number of rotatable bonds is 9. The lowest BCUT2D eigenvalue weighted by atomic mass is 9.81. The standard InChI is InChI=1S/C23H24F3N7O.C23H26N6O3/c1-12(34)28-10-13-5-7-14(8-6-13)22-32-19(20-21(27)29-11-30-33(20)22)17-9-15-3-2-4-16(18(15)31-17)23(24,25)26;1-12(2)32-17-5-3-4-15-10-16(27-18(15)17)19-20-21(24)25-11-26-29(20)22(28-19)13-6-8-14(9-7-13)23(30)31/h2-4,9,11,13-14,31H,5-8,10H2,1H3,(H,28,34)(H2,27,29,30);3-5,10-14,27H,6-9H2,1-2H3,(H,30,31)(H2,24,25,26). The van der Waals surface area contributed by atoms with E-state index >= 15 is 0 Å². The zero-order valence-corrected chi connectivity index (χ0v) is 36.6. The topological polar surface area (TPSA) is 245 Å². The van der Waals surface area contributed by atoms with E-state index in [1.54, 1.807) is 21.2 Å². The second-order valence-electron chi connectivity index (χ2n) is 17.5. The number of carboxylic acid groups (broad SMARTS) is 1. The minimum atomic E-state index is -4.49. The fourth-order valence-corrected chi connectivity index (χ4v) is 9.50. The van der Waals surface area contributed by atoms with Gasteiger partial charge in [-0.2, -0.15) is 23.4 Å². The van der Waals surface area contributed by atoms with Crippen molar-refractivity contribution in [2.45, 2.75) is 96.3 Å². The summed E-state index contributed by atoms with van der Waals surface area (Å²) in [6, 6.07) is 13.7. The molecule has 344 valence electrons. The van der Waals surface area contributed by atoms with Gasteiger partial charge < -0.3 is 36.6 Å². The number of anilines is 2. The number of halogens is 3. The van der Waals surface area contributed by atoms with Crippen LogP contribution in [0.2, 0.25) is 0 Å². The first-order valence-corrected chi connectivity index (χ1v) is 22.1. The molecular weight excluding hydrogens is 856 g/mol. The van der Waals surface area contributed by atoms with Crippen molar-refractivity contribution in [1.29, 1.82) is 0 Å². The molecule has 0 atom stereocenters. The Bertz CT molecular complexity index is 3080. The third kappa shape index (κ3) is 8.54. The maximum Gasteiger partial charge on any atom is 0.418 e. The smallest absolute Gasteiger partial charge is 0.418 e. The molecule has 10 rings (SSSR count). The van der Waals surface area contributed by atoms with Gasteiger partial charge in [0.15, 0.2) is 11.6 Å². The maximum atomic E-state index is 13.5. The van der Waals surface area contributed by atoms with Gasteiger partial charge in [-0.3, -0.25) is 9.59 Å². The number of amides is 1. The van der Waals surface area contributed by atoms with E-state index in [-0.39, 0.29) is 41.1 Å². The van der Waals surface area contributed by atoms with E-state index in [1.807, 2.05) is 38.1 Å². The van der Waals surface area contributed by atoms with E-state index in [1.165, 1.54) is 25.6 Å². The van der Waals surface area contributed by atoms with E-state index in [2.05, 4.69) is 35.5 Å². The van der Waals surface area contributed by atoms with Crippen LogP contribution < -0.4 is 21.5 Å². The first kappa shape index (κ1) is 44.0. The Morgan fingerprint density at radius 1 is 0.803 bits per heavy atom. The molecule has 6 heterocycles. The quantitative estimate of drug-likeness (QED) is 0.0801. The summed E-state index contributed by atoms with van der Waals surface area (Å²) in [7, 11) is 0. The summed E-state index contributed by atoms with van der Waals surface area (Å²) in [5.74, 6) is 2.43. The number of carboxylic acids is 1. The van der Waals surface area contributed by atoms with Gasteiger partial charge in [0.05, 0.1) is 40.0 Å². The molecule has 17 nitrogen and oxygen atoms in total. The highest BCUT2D eigenvalue weighted by Crippen LogP contribution is 2.42. The number of alkyl halides is 3. The van der Waals surface area contributed by atoms with Crippen LogP contribution in [-0.2, 0) is 15.8 Å². The van der Waals surface area contributed by atoms with Crippen molar-refractivity contribution in [2.75, 3.05) is 18.0 Å². The summed E-state index contributed by atoms with van der Waals surface area (Å²) in [5, 5.41) is 22.5. The summed E-state index contributed by atoms with van der Waals surface area (Å²) in [4.78, 5) is 47.0. The fourth-order valence-electron chi connectivity index (χ4n) is 9.50. The van der Waals surface area contributed by atoms with E-state index in [9.17, 15) is 27.9 Å². The van der Waals surface area contributed by atoms with Crippen LogP contribution in [0.15, 0.2) is 61.2 Å². The number of nitrogens with two attached hydrogens (primary N) is 2. The van der Waals surface area contributed by atoms with Gasteiger partial charge in [-0.1, -0.05) is 24.3 Å². The minimum Gasteiger partial charge on any atom is -0.489 e. The lowest BCUT2D eigenvalue weighted by Gasteiger charge is -2.27. The number of nitrogens with one attached hydrogen (secondary N) is 3. The second-order valence-corrected chi connectivity index (χ2v) is 17.5. The van der Waals surface area contributed by atoms with Gasteiger partial charge in [0, 0.05) is 36.1 Å². The molecule has 8 aromatic rings. The monoisotopic (exact) mass is 905 g/mol. The molecule has 6 aromatic heterocycles. The normalized spacial score (nSPS) is 19.1. The summed E-state index contributed by atoms with van der Waals surface area (Å²) in [5.41, 5.74) is 16.1. The molecule has 0 radical (unpaired) electrons. The van der Waals surface area contributed by atoms with Crippen LogP contribution in [0.5, 0.6) is 5.75 Å². The molecule has 0 bridgehead atoms. The number of aliphatic carboxylic acids is 1. The number of aromatic amines is 2. The zero-order chi connectivity index (χ0) is 46.4. The first-order chi connectivity index (χ1) is 31.6. The number of carbonyl (C=O) groups is 2. The highest BCUT2D eigenvalue weighted by molar-refractivity contribution is 5.94. The molecule has 2 saturated carbocycles. The molecule has 66 heavy (non-hydrogen) atoms. The number of para-hydroxylation sites is 2. The maximum absolute atomic E-state index is 13.5. The Hall–Kier alpha value is -7.25. The van der Waals surface area contributed by atoms with Crippen molar-refractivity contribution < 1.29 is 32.6 Å². The highest BCUT2D eigenvalue weighted by atomic mass is 19.4. The van der Waals surface area contributed by atoms with Crippen LogP contribution in [0.3, 0.4) is 0 Å². The number of nitrogens with zero attached hydrogens (tertiary/aromatic N) is 8. The molecule has 0 unspecified atom stereocenters. The number of hydrogen-bond acceptors (Lipinski definition) is 11. The van der Waals surface area contributed by atoms with Crippen molar-refractivity contribution >= 4 is 56.4 Å². The molecule has 1 amide bonds. The van der Waals surface area contributed by atoms with Crippen LogP contribution in [0.4, 0.5) is 24.8 Å². The average molecular weight is 906 g/mol. The Labute approximate surface area is 375 Å². The summed E-state index contributed by atoms with van der Waals surface area (Å²) in [6.45, 7) is 6.15. The number of hydrogen-bond donors (Lipinski definition) is 6. The van der Waals surface area contributed by atoms with Gasteiger partial charge in [0.2, 0.25) is 5.91 Å². The largest absolute Gasteiger partial charge is 0.489 e. The molecule has 2 aromatic carbocycles. The predicted octanol–water partition coefficient (Wildman–Crippen LogP) is 8.28. The SMILES string of the molecule is CC(=O)NCC1CCC(c2nc(-c3cc4cccc(C(F)(F)F)c4[nH]3)c3c(N)ncnn23)CC1.CC(C)Oc1cccc2cc(-c3nc(C4CCC(C(=O)O)CC4)n4ncnc(N)c34)[nH]c12. The number of fused-ring (bicyclic) bond motifs is 4. The zero-order valence-electron chi connectivity index (χ0n) is 36.6. The van der Waals surface area contributed by atoms with Gasteiger partial charge in [-0.15, -0.1) is 0 Å². The van der Waals surface area contributed by atoms with E-state index < -0.39 is 17.7 Å². The number of ether oxygens (including phenoxy) is 1. The van der Waals surface area contributed by atoms with Crippen molar-refractivity contribution in [1.82, 2.24) is 54.4 Å². The van der Waals surface area contributed by atoms with E-state index in [0.29, 0.717) is 70.4 Å². The van der Waals surface area contributed by atoms with Crippen LogP contribution in [0, 0.1) is 11.8 Å². The molecule has 2 fully saturated rings. The molecule has 0 aliphatic heterocycles. The minimum absolute atomic E-state index is 0.00148. The Balaban J connectivity index is 0.000000166. The molecular formula is C46H50F3N13O4. The predicted molar refractivity (Wildman–Crippen MR) is 241 cm³/mol. The van der Waals surface area contributed by atoms with Gasteiger partial charge in [0.25, 0.3) is 0 Å². The van der Waals surface area contributed by atoms with Crippen LogP contribution >= 0.6 is 0 Å². The molecule has 20 heteroatoms. The van der Waals surface area contributed by atoms with Gasteiger partial charge in [-0.25, -0.2) is 29.0 Å². The number of carbonyl (C=O) groups excluding carboxylic acids is 1. The van der Waals surface area contributed by atoms with E-state index in [4.69, 9.17) is 26.2 Å². The fraction of sp³-hybridized carbons (Fsp3) is 0.391. The summed E-state index contributed by atoms with van der Waals surface area (Å²) in [6.07, 6.45) is 4.69. The van der Waals surface area contributed by atoms with Crippen molar-refractivity contribution in [3.8, 4) is 28.5 Å².